The lowest BCUT2D eigenvalue weighted by atomic mass is 10.0. The Morgan fingerprint density at radius 2 is 2.00 bits per heavy atom. The van der Waals surface area contributed by atoms with Gasteiger partial charge in [-0.25, -0.2) is 18.7 Å². The van der Waals surface area contributed by atoms with Gasteiger partial charge in [0, 0.05) is 36.3 Å². The third-order valence-corrected chi connectivity index (χ3v) is 4.21. The molecule has 0 spiro atoms. The zero-order valence-electron chi connectivity index (χ0n) is 13.4. The Kier molecular flexibility index (Phi) is 6.18. The van der Waals surface area contributed by atoms with Gasteiger partial charge in [0.15, 0.2) is 0 Å². The summed E-state index contributed by atoms with van der Waals surface area (Å²) in [6, 6.07) is 3.53. The first-order valence-electron chi connectivity index (χ1n) is 7.38. The van der Waals surface area contributed by atoms with E-state index in [1.807, 2.05) is 0 Å². The Balaban J connectivity index is 2.26. The Morgan fingerprint density at radius 1 is 1.28 bits per heavy atom. The number of nitrogen functional groups attached to an aromatic ring is 2. The van der Waals surface area contributed by atoms with Crippen LogP contribution in [0.1, 0.15) is 23.4 Å². The largest absolute Gasteiger partial charge is 0.397 e. The van der Waals surface area contributed by atoms with Gasteiger partial charge in [-0.1, -0.05) is 0 Å². The molecule has 0 aliphatic heterocycles. The fourth-order valence-electron chi connectivity index (χ4n) is 2.24. The van der Waals surface area contributed by atoms with Crippen molar-refractivity contribution in [3.05, 3.63) is 38.5 Å². The van der Waals surface area contributed by atoms with E-state index in [4.69, 9.17) is 11.5 Å². The van der Waals surface area contributed by atoms with Crippen molar-refractivity contribution in [3.8, 4) is 0 Å². The number of anilines is 3. The van der Waals surface area contributed by atoms with Gasteiger partial charge in [-0.2, -0.15) is 0 Å². The van der Waals surface area contributed by atoms with Gasteiger partial charge in [-0.15, -0.1) is 4.91 Å². The third-order valence-electron chi connectivity index (χ3n) is 3.57. The van der Waals surface area contributed by atoms with E-state index in [1.54, 1.807) is 19.1 Å². The highest BCUT2D eigenvalue weighted by atomic mass is 79.9. The maximum Gasteiger partial charge on any atom is 0.240 e. The molecule has 2 rings (SSSR count). The average molecular weight is 415 g/mol. The van der Waals surface area contributed by atoms with Gasteiger partial charge in [0.05, 0.1) is 10.2 Å². The highest BCUT2D eigenvalue weighted by molar-refractivity contribution is 9.10. The molecule has 134 valence electrons. The summed E-state index contributed by atoms with van der Waals surface area (Å²) in [5.41, 5.74) is 13.8. The highest BCUT2D eigenvalue weighted by Crippen LogP contribution is 2.32. The SMILES string of the molecule is Cc1nc(N=O)c(N)c(N)c1Cc1ccc(Br)c(NCCC(F)F)n1. The van der Waals surface area contributed by atoms with Crippen LogP contribution in [0.25, 0.3) is 0 Å². The van der Waals surface area contributed by atoms with Crippen molar-refractivity contribution in [1.29, 1.82) is 0 Å². The van der Waals surface area contributed by atoms with E-state index in [-0.39, 0.29) is 30.2 Å². The van der Waals surface area contributed by atoms with Crippen molar-refractivity contribution in [1.82, 2.24) is 9.97 Å². The molecule has 0 radical (unpaired) electrons. The Hall–Kier alpha value is -2.36. The molecule has 2 aromatic heterocycles. The Labute approximate surface area is 151 Å². The Morgan fingerprint density at radius 3 is 2.64 bits per heavy atom. The summed E-state index contributed by atoms with van der Waals surface area (Å²) in [5, 5.41) is 5.62. The first-order chi connectivity index (χ1) is 11.8. The molecule has 0 atom stereocenters. The normalized spacial score (nSPS) is 10.9. The van der Waals surface area contributed by atoms with Crippen LogP contribution in [-0.2, 0) is 6.42 Å². The summed E-state index contributed by atoms with van der Waals surface area (Å²) in [5.74, 6) is 0.318. The van der Waals surface area contributed by atoms with Crippen LogP contribution in [0.5, 0.6) is 0 Å². The molecule has 0 unspecified atom stereocenters. The smallest absolute Gasteiger partial charge is 0.240 e. The number of halogens is 3. The molecule has 0 aromatic carbocycles. The van der Waals surface area contributed by atoms with Gasteiger partial charge < -0.3 is 16.8 Å². The molecule has 2 aromatic rings. The molecule has 25 heavy (non-hydrogen) atoms. The topological polar surface area (TPSA) is 119 Å². The van der Waals surface area contributed by atoms with Gasteiger partial charge in [-0.05, 0) is 40.2 Å². The van der Waals surface area contributed by atoms with Crippen molar-refractivity contribution in [2.24, 2.45) is 5.18 Å². The van der Waals surface area contributed by atoms with E-state index in [0.29, 0.717) is 33.7 Å². The second kappa shape index (κ2) is 8.15. The van der Waals surface area contributed by atoms with Crippen LogP contribution in [0.3, 0.4) is 0 Å². The van der Waals surface area contributed by atoms with Gasteiger partial charge in [-0.3, -0.25) is 0 Å². The Bertz CT molecular complexity index is 787. The standard InChI is InChI=1S/C15H17BrF2N6O/c1-7-9(12(19)13(20)15(22-7)24-25)6-8-2-3-10(16)14(23-8)21-5-4-11(17)18/h2-3,11H,4-6,20H2,1H3,(H2,19,22)(H,21,23). The average Bonchev–Trinajstić information content (AvgIpc) is 2.57. The van der Waals surface area contributed by atoms with Crippen molar-refractivity contribution in [2.75, 3.05) is 23.3 Å². The molecule has 0 fully saturated rings. The lowest BCUT2D eigenvalue weighted by molar-refractivity contribution is 0.142. The minimum atomic E-state index is -2.38. The lowest BCUT2D eigenvalue weighted by Gasteiger charge is -2.13. The fourth-order valence-corrected chi connectivity index (χ4v) is 2.60. The van der Waals surface area contributed by atoms with Crippen LogP contribution in [0, 0.1) is 11.8 Å². The summed E-state index contributed by atoms with van der Waals surface area (Å²) >= 11 is 3.33. The highest BCUT2D eigenvalue weighted by Gasteiger charge is 2.15. The van der Waals surface area contributed by atoms with E-state index in [2.05, 4.69) is 36.4 Å². The van der Waals surface area contributed by atoms with E-state index in [9.17, 15) is 13.7 Å². The van der Waals surface area contributed by atoms with Gasteiger partial charge in [0.2, 0.25) is 12.2 Å². The number of nitrogens with zero attached hydrogens (tertiary/aromatic N) is 3. The van der Waals surface area contributed by atoms with E-state index < -0.39 is 6.43 Å². The molecule has 7 nitrogen and oxygen atoms in total. The summed E-state index contributed by atoms with van der Waals surface area (Å²) in [4.78, 5) is 19.1. The third kappa shape index (κ3) is 4.59. The monoisotopic (exact) mass is 414 g/mol. The van der Waals surface area contributed by atoms with Crippen LogP contribution in [0.4, 0.5) is 31.8 Å². The van der Waals surface area contributed by atoms with E-state index in [1.165, 1.54) is 0 Å². The number of hydrogen-bond donors (Lipinski definition) is 3. The van der Waals surface area contributed by atoms with E-state index >= 15 is 0 Å². The summed E-state index contributed by atoms with van der Waals surface area (Å²) in [6.07, 6.45) is -2.33. The summed E-state index contributed by atoms with van der Waals surface area (Å²) in [7, 11) is 0. The molecule has 0 aliphatic carbocycles. The van der Waals surface area contributed by atoms with Gasteiger partial charge in [0.25, 0.3) is 0 Å². The van der Waals surface area contributed by atoms with Crippen molar-refractivity contribution in [3.63, 3.8) is 0 Å². The lowest BCUT2D eigenvalue weighted by Crippen LogP contribution is -2.10. The maximum absolute atomic E-state index is 12.3. The second-order valence-electron chi connectivity index (χ2n) is 5.33. The predicted octanol–water partition coefficient (Wildman–Crippen LogP) is 3.77. The quantitative estimate of drug-likeness (QED) is 0.593. The van der Waals surface area contributed by atoms with Gasteiger partial charge >= 0.3 is 0 Å². The van der Waals surface area contributed by atoms with Crippen LogP contribution in [-0.4, -0.2) is 22.9 Å². The van der Waals surface area contributed by atoms with Crippen molar-refractivity contribution >= 4 is 38.9 Å². The zero-order valence-corrected chi connectivity index (χ0v) is 15.0. The number of aryl methyl sites for hydroxylation is 1. The van der Waals surface area contributed by atoms with Crippen LogP contribution in [0.15, 0.2) is 21.8 Å². The zero-order chi connectivity index (χ0) is 18.6. The molecule has 0 amide bonds. The molecule has 0 saturated heterocycles. The van der Waals surface area contributed by atoms with Gasteiger partial charge in [0.1, 0.15) is 11.5 Å². The van der Waals surface area contributed by atoms with Crippen molar-refractivity contribution < 1.29 is 8.78 Å². The molecule has 0 aliphatic rings. The molecule has 10 heteroatoms. The predicted molar refractivity (Wildman–Crippen MR) is 97.1 cm³/mol. The maximum atomic E-state index is 12.3. The molecule has 5 N–H and O–H groups in total. The number of rotatable bonds is 7. The fraction of sp³-hybridized carbons (Fsp3) is 0.333. The number of nitrogens with two attached hydrogens (primary N) is 2. The molecular formula is C15H17BrF2N6O. The molecule has 2 heterocycles. The molecule has 0 bridgehead atoms. The number of nitroso groups, excluding NO2 is 1. The first kappa shape index (κ1) is 19.0. The number of aromatic nitrogens is 2. The number of pyridine rings is 2. The number of alkyl halides is 2. The minimum absolute atomic E-state index is 0.0305. The van der Waals surface area contributed by atoms with Crippen LogP contribution >= 0.6 is 15.9 Å². The molecule has 0 saturated carbocycles. The summed E-state index contributed by atoms with van der Waals surface area (Å²) < 4.78 is 25.2. The second-order valence-corrected chi connectivity index (χ2v) is 6.19. The number of hydrogen-bond acceptors (Lipinski definition) is 7. The minimum Gasteiger partial charge on any atom is -0.397 e. The number of nitrogens with one attached hydrogen (secondary N) is 1. The first-order valence-corrected chi connectivity index (χ1v) is 8.18. The van der Waals surface area contributed by atoms with Crippen LogP contribution in [0.2, 0.25) is 0 Å². The van der Waals surface area contributed by atoms with E-state index in [0.717, 1.165) is 0 Å². The van der Waals surface area contributed by atoms with Crippen molar-refractivity contribution in [2.45, 2.75) is 26.2 Å². The molecular weight excluding hydrogens is 398 g/mol. The van der Waals surface area contributed by atoms with Crippen LogP contribution < -0.4 is 16.8 Å². The summed E-state index contributed by atoms with van der Waals surface area (Å²) in [6.45, 7) is 1.79.